The van der Waals surface area contributed by atoms with Crippen LogP contribution in [-0.4, -0.2) is 83.0 Å². The second-order valence-electron chi connectivity index (χ2n) is 11.1. The van der Waals surface area contributed by atoms with Gasteiger partial charge in [0, 0.05) is 48.9 Å². The van der Waals surface area contributed by atoms with Gasteiger partial charge in [-0.3, -0.25) is 4.79 Å². The molecule has 0 aliphatic carbocycles. The molecule has 0 atom stereocenters. The van der Waals surface area contributed by atoms with Crippen LogP contribution in [0.5, 0.6) is 0 Å². The maximum atomic E-state index is 12.6. The summed E-state index contributed by atoms with van der Waals surface area (Å²) < 4.78 is 0. The number of rotatable bonds is 4. The van der Waals surface area contributed by atoms with Crippen molar-refractivity contribution in [3.63, 3.8) is 0 Å². The number of hydrogen-bond donors (Lipinski definition) is 2. The number of halogens is 1. The average Bonchev–Trinajstić information content (AvgIpc) is 3.31. The van der Waals surface area contributed by atoms with Crippen LogP contribution < -0.4 is 10.2 Å². The summed E-state index contributed by atoms with van der Waals surface area (Å²) in [6.07, 6.45) is 3.85. The topological polar surface area (TPSA) is 80.4 Å². The van der Waals surface area contributed by atoms with Gasteiger partial charge in [0.1, 0.15) is 11.3 Å². The first kappa shape index (κ1) is 24.8. The first-order chi connectivity index (χ1) is 17.2. The summed E-state index contributed by atoms with van der Waals surface area (Å²) in [4.78, 5) is 32.0. The number of piperidine rings is 1. The van der Waals surface area contributed by atoms with E-state index in [-0.39, 0.29) is 11.3 Å². The summed E-state index contributed by atoms with van der Waals surface area (Å²) in [6, 6.07) is 8.81. The van der Waals surface area contributed by atoms with Gasteiger partial charge in [0.15, 0.2) is 5.65 Å². The lowest BCUT2D eigenvalue weighted by Crippen LogP contribution is -2.51. The van der Waals surface area contributed by atoms with Crippen LogP contribution in [-0.2, 0) is 4.79 Å². The first-order valence-corrected chi connectivity index (χ1v) is 13.2. The molecule has 8 nitrogen and oxygen atoms in total. The molecule has 0 radical (unpaired) electrons. The monoisotopic (exact) mass is 509 g/mol. The lowest BCUT2D eigenvalue weighted by atomic mass is 9.94. The Bertz CT molecular complexity index is 1220. The van der Waals surface area contributed by atoms with E-state index in [0.29, 0.717) is 11.1 Å². The van der Waals surface area contributed by atoms with Crippen LogP contribution in [0.25, 0.3) is 22.6 Å². The number of carbonyl (C=O) groups excluding carboxylic acids is 1. The van der Waals surface area contributed by atoms with E-state index in [1.165, 1.54) is 0 Å². The predicted octanol–water partition coefficient (Wildman–Crippen LogP) is 4.48. The highest BCUT2D eigenvalue weighted by Gasteiger charge is 2.29. The Kier molecular flexibility index (Phi) is 6.83. The number of amides is 1. The largest absolute Gasteiger partial charge is 0.379 e. The highest BCUT2D eigenvalue weighted by molar-refractivity contribution is 6.34. The second-order valence-corrected chi connectivity index (χ2v) is 11.5. The van der Waals surface area contributed by atoms with E-state index < -0.39 is 0 Å². The molecule has 36 heavy (non-hydrogen) atoms. The van der Waals surface area contributed by atoms with Crippen molar-refractivity contribution in [1.29, 1.82) is 0 Å². The standard InChI is InChI=1S/C27H36ClN7O/c1-27(2,3)26(36)35-15-13-34(14-16-35)20-7-5-18(6-8-20)24-31-23-22(21(28)17-29-25(23)32-24)30-19-9-11-33(4)12-10-19/h5-8,17,19H,9-16H2,1-4H3,(H2,29,30,31,32). The highest BCUT2D eigenvalue weighted by atomic mass is 35.5. The zero-order valence-electron chi connectivity index (χ0n) is 21.6. The molecule has 2 aromatic heterocycles. The van der Waals surface area contributed by atoms with Crippen LogP contribution in [0.2, 0.25) is 5.02 Å². The molecule has 2 aliphatic rings. The minimum Gasteiger partial charge on any atom is -0.379 e. The molecule has 2 N–H and O–H groups in total. The SMILES string of the molecule is CN1CCC(Nc2c(Cl)cnc3[nH]c(-c4ccc(N5CCN(C(=O)C(C)(C)C)CC5)cc4)nc23)CC1. The van der Waals surface area contributed by atoms with Gasteiger partial charge in [0.2, 0.25) is 5.91 Å². The van der Waals surface area contributed by atoms with Gasteiger partial charge in [-0.05, 0) is 57.2 Å². The van der Waals surface area contributed by atoms with Crippen LogP contribution in [0.15, 0.2) is 30.5 Å². The number of fused-ring (bicyclic) bond motifs is 1. The molecule has 1 amide bonds. The number of nitrogens with zero attached hydrogens (tertiary/aromatic N) is 5. The molecule has 0 spiro atoms. The quantitative estimate of drug-likeness (QED) is 0.540. The summed E-state index contributed by atoms with van der Waals surface area (Å²) in [5.41, 5.74) is 4.19. The van der Waals surface area contributed by atoms with Crippen molar-refractivity contribution in [2.75, 3.05) is 56.5 Å². The minimum absolute atomic E-state index is 0.223. The summed E-state index contributed by atoms with van der Waals surface area (Å²) in [6.45, 7) is 11.3. The van der Waals surface area contributed by atoms with Gasteiger partial charge in [0.25, 0.3) is 0 Å². The third-order valence-electron chi connectivity index (χ3n) is 7.25. The fraction of sp³-hybridized carbons (Fsp3) is 0.519. The molecule has 0 saturated carbocycles. The molecule has 192 valence electrons. The van der Waals surface area contributed by atoms with Gasteiger partial charge in [-0.1, -0.05) is 32.4 Å². The predicted molar refractivity (Wildman–Crippen MR) is 147 cm³/mol. The molecule has 4 heterocycles. The molecule has 1 aromatic carbocycles. The van der Waals surface area contributed by atoms with Crippen molar-refractivity contribution >= 4 is 40.0 Å². The van der Waals surface area contributed by atoms with Crippen molar-refractivity contribution in [2.45, 2.75) is 39.7 Å². The van der Waals surface area contributed by atoms with Gasteiger partial charge in [0.05, 0.1) is 16.9 Å². The van der Waals surface area contributed by atoms with Gasteiger partial charge in [-0.25, -0.2) is 9.97 Å². The van der Waals surface area contributed by atoms with Crippen molar-refractivity contribution in [2.24, 2.45) is 5.41 Å². The summed E-state index contributed by atoms with van der Waals surface area (Å²) >= 11 is 6.55. The number of anilines is 2. The van der Waals surface area contributed by atoms with Crippen molar-refractivity contribution in [3.8, 4) is 11.4 Å². The maximum Gasteiger partial charge on any atom is 0.228 e. The number of hydrogen-bond acceptors (Lipinski definition) is 6. The minimum atomic E-state index is -0.335. The van der Waals surface area contributed by atoms with Crippen molar-refractivity contribution < 1.29 is 4.79 Å². The number of nitrogens with one attached hydrogen (secondary N) is 2. The Hall–Kier alpha value is -2.84. The molecule has 9 heteroatoms. The zero-order chi connectivity index (χ0) is 25.4. The number of carbonyl (C=O) groups is 1. The van der Waals surface area contributed by atoms with E-state index in [1.807, 2.05) is 25.7 Å². The third kappa shape index (κ3) is 5.15. The van der Waals surface area contributed by atoms with Gasteiger partial charge in [-0.15, -0.1) is 0 Å². The number of imidazole rings is 1. The van der Waals surface area contributed by atoms with Crippen LogP contribution in [0.1, 0.15) is 33.6 Å². The van der Waals surface area contributed by atoms with E-state index in [4.69, 9.17) is 16.6 Å². The van der Waals surface area contributed by atoms with Gasteiger partial charge in [-0.2, -0.15) is 0 Å². The normalized spacial score (nSPS) is 18.1. The smallest absolute Gasteiger partial charge is 0.228 e. The zero-order valence-corrected chi connectivity index (χ0v) is 22.4. The Balaban J connectivity index is 1.30. The van der Waals surface area contributed by atoms with E-state index in [1.54, 1.807) is 6.20 Å². The molecule has 5 rings (SSSR count). The van der Waals surface area contributed by atoms with E-state index in [2.05, 4.69) is 56.4 Å². The first-order valence-electron chi connectivity index (χ1n) is 12.8. The number of H-pyrrole nitrogens is 1. The number of pyridine rings is 1. The highest BCUT2D eigenvalue weighted by Crippen LogP contribution is 2.32. The average molecular weight is 510 g/mol. The van der Waals surface area contributed by atoms with Gasteiger partial charge < -0.3 is 25.0 Å². The molecule has 3 aromatic rings. The number of benzene rings is 1. The van der Waals surface area contributed by atoms with E-state index >= 15 is 0 Å². The van der Waals surface area contributed by atoms with Crippen LogP contribution in [0.3, 0.4) is 0 Å². The fourth-order valence-electron chi connectivity index (χ4n) is 5.03. The lowest BCUT2D eigenvalue weighted by Gasteiger charge is -2.38. The molecular weight excluding hydrogens is 474 g/mol. The number of aromatic amines is 1. The summed E-state index contributed by atoms with van der Waals surface area (Å²) in [7, 11) is 2.16. The Morgan fingerprint density at radius 1 is 1.06 bits per heavy atom. The van der Waals surface area contributed by atoms with Crippen molar-refractivity contribution in [1.82, 2.24) is 24.8 Å². The summed E-state index contributed by atoms with van der Waals surface area (Å²) in [5.74, 6) is 0.999. The number of piperazine rings is 1. The molecule has 0 bridgehead atoms. The molecule has 2 fully saturated rings. The van der Waals surface area contributed by atoms with Gasteiger partial charge >= 0.3 is 0 Å². The Labute approximate surface area is 218 Å². The Morgan fingerprint density at radius 3 is 2.36 bits per heavy atom. The molecule has 2 saturated heterocycles. The van der Waals surface area contributed by atoms with Crippen LogP contribution in [0.4, 0.5) is 11.4 Å². The Morgan fingerprint density at radius 2 is 1.72 bits per heavy atom. The third-order valence-corrected chi connectivity index (χ3v) is 7.54. The maximum absolute atomic E-state index is 12.6. The second kappa shape index (κ2) is 9.90. The van der Waals surface area contributed by atoms with E-state index in [0.717, 1.165) is 86.0 Å². The molecule has 2 aliphatic heterocycles. The fourth-order valence-corrected chi connectivity index (χ4v) is 5.23. The van der Waals surface area contributed by atoms with Crippen molar-refractivity contribution in [3.05, 3.63) is 35.5 Å². The molecule has 0 unspecified atom stereocenters. The van der Waals surface area contributed by atoms with Crippen LogP contribution in [0, 0.1) is 5.41 Å². The van der Waals surface area contributed by atoms with Crippen LogP contribution >= 0.6 is 11.6 Å². The lowest BCUT2D eigenvalue weighted by molar-refractivity contribution is -0.139. The van der Waals surface area contributed by atoms with E-state index in [9.17, 15) is 4.79 Å². The number of likely N-dealkylation sites (tertiary alicyclic amines) is 1. The summed E-state index contributed by atoms with van der Waals surface area (Å²) in [5, 5.41) is 4.23. The number of aromatic nitrogens is 3. The molecular formula is C27H36ClN7O.